The Balaban J connectivity index is 2.18. The van der Waals surface area contributed by atoms with Gasteiger partial charge in [-0.1, -0.05) is 78.1 Å². The van der Waals surface area contributed by atoms with Crippen molar-refractivity contribution in [2.24, 2.45) is 0 Å². The second kappa shape index (κ2) is 19.4. The fourth-order valence-electron chi connectivity index (χ4n) is 4.51. The zero-order chi connectivity index (χ0) is 27.6. The van der Waals surface area contributed by atoms with Crippen molar-refractivity contribution < 1.29 is 18.9 Å². The lowest BCUT2D eigenvalue weighted by atomic mass is 10.0. The molecule has 2 rings (SSSR count). The zero-order valence-corrected chi connectivity index (χ0v) is 26.3. The van der Waals surface area contributed by atoms with Gasteiger partial charge in [-0.05, 0) is 48.6 Å². The molecule has 0 saturated heterocycles. The molecule has 0 spiro atoms. The third kappa shape index (κ3) is 10.5. The zero-order valence-electron chi connectivity index (χ0n) is 24.7. The first-order valence-corrected chi connectivity index (χ1v) is 16.4. The second-order valence-electron chi connectivity index (χ2n) is 9.64. The molecule has 0 atom stereocenters. The van der Waals surface area contributed by atoms with E-state index in [1.165, 1.54) is 77.0 Å². The average Bonchev–Trinajstić information content (AvgIpc) is 2.95. The maximum absolute atomic E-state index is 5.86. The number of hydrogen-bond donors (Lipinski definition) is 0. The SMILES string of the molecule is CCCCCCCCSc1cc(OC)c(-c2cc(OC)c(SCCCCCCCC)cc2OC)cc1OC. The molecule has 214 valence electrons. The molecule has 4 nitrogen and oxygen atoms in total. The van der Waals surface area contributed by atoms with Crippen LogP contribution in [0.3, 0.4) is 0 Å². The average molecular weight is 563 g/mol. The van der Waals surface area contributed by atoms with Gasteiger partial charge in [0.1, 0.15) is 23.0 Å². The summed E-state index contributed by atoms with van der Waals surface area (Å²) in [5, 5.41) is 0. The van der Waals surface area contributed by atoms with Crippen molar-refractivity contribution in [1.29, 1.82) is 0 Å². The van der Waals surface area contributed by atoms with Crippen LogP contribution in [0.5, 0.6) is 23.0 Å². The van der Waals surface area contributed by atoms with Crippen LogP contribution in [0.4, 0.5) is 0 Å². The van der Waals surface area contributed by atoms with Gasteiger partial charge < -0.3 is 18.9 Å². The van der Waals surface area contributed by atoms with Crippen LogP contribution in [0.2, 0.25) is 0 Å². The van der Waals surface area contributed by atoms with E-state index in [0.717, 1.165) is 55.4 Å². The molecule has 0 N–H and O–H groups in total. The Kier molecular flexibility index (Phi) is 16.6. The summed E-state index contributed by atoms with van der Waals surface area (Å²) in [7, 11) is 6.92. The van der Waals surface area contributed by atoms with Gasteiger partial charge in [0.05, 0.1) is 38.2 Å². The Morgan fingerprint density at radius 1 is 0.447 bits per heavy atom. The molecule has 2 aromatic rings. The number of benzene rings is 2. The maximum atomic E-state index is 5.86. The molecular formula is C32H50O4S2. The monoisotopic (exact) mass is 562 g/mol. The first-order valence-electron chi connectivity index (χ1n) is 14.4. The minimum atomic E-state index is 0.809. The van der Waals surface area contributed by atoms with Gasteiger partial charge in [0.25, 0.3) is 0 Å². The third-order valence-corrected chi connectivity index (χ3v) is 9.02. The number of hydrogen-bond acceptors (Lipinski definition) is 6. The molecule has 2 aromatic carbocycles. The highest BCUT2D eigenvalue weighted by atomic mass is 32.2. The largest absolute Gasteiger partial charge is 0.496 e. The normalized spacial score (nSPS) is 11.0. The standard InChI is InChI=1S/C32H50O4S2/c1-7-9-11-13-15-17-19-37-31-23-27(33-3)25(21-29(31)35-5)26-22-30(36-6)32(24-28(26)34-4)38-20-18-16-14-12-10-8-2/h21-24H,7-20H2,1-6H3. The van der Waals surface area contributed by atoms with E-state index in [1.807, 2.05) is 23.5 Å². The van der Waals surface area contributed by atoms with Crippen LogP contribution in [0.15, 0.2) is 34.1 Å². The van der Waals surface area contributed by atoms with Crippen LogP contribution >= 0.6 is 23.5 Å². The van der Waals surface area contributed by atoms with E-state index in [0.29, 0.717) is 0 Å². The molecule has 0 saturated carbocycles. The topological polar surface area (TPSA) is 36.9 Å². The quantitative estimate of drug-likeness (QED) is 0.111. The fourth-order valence-corrected chi connectivity index (χ4v) is 6.60. The highest BCUT2D eigenvalue weighted by Gasteiger charge is 2.19. The first kappa shape index (κ1) is 32.6. The fraction of sp³-hybridized carbons (Fsp3) is 0.625. The lowest BCUT2D eigenvalue weighted by Crippen LogP contribution is -1.97. The predicted octanol–water partition coefficient (Wildman–Crippen LogP) is 10.3. The molecule has 0 aliphatic rings. The van der Waals surface area contributed by atoms with Crippen molar-refractivity contribution in [3.63, 3.8) is 0 Å². The van der Waals surface area contributed by atoms with Gasteiger partial charge >= 0.3 is 0 Å². The van der Waals surface area contributed by atoms with Crippen molar-refractivity contribution in [3.8, 4) is 34.1 Å². The van der Waals surface area contributed by atoms with Gasteiger partial charge in [0.15, 0.2) is 0 Å². The van der Waals surface area contributed by atoms with Crippen molar-refractivity contribution in [3.05, 3.63) is 24.3 Å². The summed E-state index contributed by atoms with van der Waals surface area (Å²) in [5.74, 6) is 5.49. The van der Waals surface area contributed by atoms with E-state index >= 15 is 0 Å². The molecule has 0 aromatic heterocycles. The molecule has 0 radical (unpaired) electrons. The summed E-state index contributed by atoms with van der Waals surface area (Å²) in [6.07, 6.45) is 15.6. The molecule has 0 heterocycles. The third-order valence-electron chi connectivity index (χ3n) is 6.77. The smallest absolute Gasteiger partial charge is 0.133 e. The molecule has 0 amide bonds. The Bertz CT molecular complexity index is 857. The van der Waals surface area contributed by atoms with Crippen molar-refractivity contribution in [2.75, 3.05) is 39.9 Å². The molecular weight excluding hydrogens is 512 g/mol. The van der Waals surface area contributed by atoms with Crippen LogP contribution in [0.25, 0.3) is 11.1 Å². The van der Waals surface area contributed by atoms with Crippen LogP contribution < -0.4 is 18.9 Å². The Labute approximate surface area is 240 Å². The molecule has 0 bridgehead atoms. The van der Waals surface area contributed by atoms with Gasteiger partial charge in [0, 0.05) is 11.1 Å². The lowest BCUT2D eigenvalue weighted by Gasteiger charge is -2.19. The number of unbranched alkanes of at least 4 members (excludes halogenated alkanes) is 10. The van der Waals surface area contributed by atoms with Crippen LogP contribution in [-0.2, 0) is 0 Å². The van der Waals surface area contributed by atoms with Gasteiger partial charge in [-0.15, -0.1) is 23.5 Å². The first-order chi connectivity index (χ1) is 18.6. The van der Waals surface area contributed by atoms with E-state index in [2.05, 4.69) is 38.1 Å². The summed E-state index contributed by atoms with van der Waals surface area (Å²) in [6, 6.07) is 8.34. The summed E-state index contributed by atoms with van der Waals surface area (Å²) in [4.78, 5) is 2.22. The van der Waals surface area contributed by atoms with E-state index in [-0.39, 0.29) is 0 Å². The van der Waals surface area contributed by atoms with Gasteiger partial charge in [0.2, 0.25) is 0 Å². The van der Waals surface area contributed by atoms with E-state index in [9.17, 15) is 0 Å². The summed E-state index contributed by atoms with van der Waals surface area (Å²) >= 11 is 3.68. The molecule has 0 aliphatic carbocycles. The summed E-state index contributed by atoms with van der Waals surface area (Å²) in [5.41, 5.74) is 1.88. The second-order valence-corrected chi connectivity index (χ2v) is 11.9. The summed E-state index contributed by atoms with van der Waals surface area (Å²) in [6.45, 7) is 4.52. The van der Waals surface area contributed by atoms with Gasteiger partial charge in [-0.3, -0.25) is 0 Å². The highest BCUT2D eigenvalue weighted by molar-refractivity contribution is 7.99. The van der Waals surface area contributed by atoms with E-state index in [4.69, 9.17) is 18.9 Å². The molecule has 0 unspecified atom stereocenters. The Hall–Kier alpha value is -1.66. The number of rotatable bonds is 21. The van der Waals surface area contributed by atoms with E-state index < -0.39 is 0 Å². The molecule has 38 heavy (non-hydrogen) atoms. The molecule has 0 aliphatic heterocycles. The number of thioether (sulfide) groups is 2. The van der Waals surface area contributed by atoms with Gasteiger partial charge in [-0.25, -0.2) is 0 Å². The Morgan fingerprint density at radius 2 is 0.789 bits per heavy atom. The van der Waals surface area contributed by atoms with Crippen LogP contribution in [0.1, 0.15) is 90.9 Å². The minimum absolute atomic E-state index is 0.809. The predicted molar refractivity (Wildman–Crippen MR) is 166 cm³/mol. The van der Waals surface area contributed by atoms with Crippen LogP contribution in [0, 0.1) is 0 Å². The highest BCUT2D eigenvalue weighted by Crippen LogP contribution is 2.46. The minimum Gasteiger partial charge on any atom is -0.496 e. The lowest BCUT2D eigenvalue weighted by molar-refractivity contribution is 0.391. The van der Waals surface area contributed by atoms with E-state index in [1.54, 1.807) is 28.4 Å². The van der Waals surface area contributed by atoms with Gasteiger partial charge in [-0.2, -0.15) is 0 Å². The summed E-state index contributed by atoms with van der Waals surface area (Å²) < 4.78 is 23.4. The van der Waals surface area contributed by atoms with Crippen LogP contribution in [-0.4, -0.2) is 39.9 Å². The maximum Gasteiger partial charge on any atom is 0.133 e. The van der Waals surface area contributed by atoms with Crippen molar-refractivity contribution in [1.82, 2.24) is 0 Å². The number of ether oxygens (including phenoxy) is 4. The van der Waals surface area contributed by atoms with Crippen molar-refractivity contribution >= 4 is 23.5 Å². The Morgan fingerprint density at radius 3 is 1.13 bits per heavy atom. The van der Waals surface area contributed by atoms with Crippen molar-refractivity contribution in [2.45, 2.75) is 101 Å². The molecule has 0 fully saturated rings. The number of methoxy groups -OCH3 is 4. The molecule has 6 heteroatoms.